The third kappa shape index (κ3) is 1.22. The van der Waals surface area contributed by atoms with Crippen LogP contribution in [0, 0.1) is 5.41 Å². The number of aliphatic hydroxyl groups is 1. The molecule has 0 bridgehead atoms. The summed E-state index contributed by atoms with van der Waals surface area (Å²) in [5, 5.41) is 9.06. The lowest BCUT2D eigenvalue weighted by Gasteiger charge is -2.14. The van der Waals surface area contributed by atoms with Gasteiger partial charge in [0.2, 0.25) is 0 Å². The van der Waals surface area contributed by atoms with Gasteiger partial charge in [0.25, 0.3) is 0 Å². The van der Waals surface area contributed by atoms with E-state index in [-0.39, 0.29) is 6.10 Å². The van der Waals surface area contributed by atoms with E-state index in [4.69, 9.17) is 5.11 Å². The van der Waals surface area contributed by atoms with Gasteiger partial charge in [0.1, 0.15) is 0 Å². The van der Waals surface area contributed by atoms with Crippen molar-refractivity contribution >= 4 is 0 Å². The van der Waals surface area contributed by atoms with Crippen LogP contribution in [0.3, 0.4) is 0 Å². The predicted octanol–water partition coefficient (Wildman–Crippen LogP) is 1.56. The van der Waals surface area contributed by atoms with Gasteiger partial charge in [0.15, 0.2) is 0 Å². The number of rotatable bonds is 0. The van der Waals surface area contributed by atoms with Gasteiger partial charge in [0.05, 0.1) is 6.10 Å². The molecule has 48 valence electrons. The SMILES string of the molecule is CC1(C)CCC(O)C1. The zero-order valence-corrected chi connectivity index (χ0v) is 5.65. The molecule has 1 fully saturated rings. The van der Waals surface area contributed by atoms with Crippen LogP contribution in [0.25, 0.3) is 0 Å². The highest BCUT2D eigenvalue weighted by Crippen LogP contribution is 2.36. The fraction of sp³-hybridized carbons (Fsp3) is 1.00. The van der Waals surface area contributed by atoms with Crippen LogP contribution >= 0.6 is 0 Å². The molecule has 8 heavy (non-hydrogen) atoms. The van der Waals surface area contributed by atoms with E-state index >= 15 is 0 Å². The second-order valence-corrected chi connectivity index (χ2v) is 3.56. The number of hydrogen-bond acceptors (Lipinski definition) is 1. The van der Waals surface area contributed by atoms with Gasteiger partial charge < -0.3 is 5.11 Å². The van der Waals surface area contributed by atoms with Crippen molar-refractivity contribution in [3.63, 3.8) is 0 Å². The van der Waals surface area contributed by atoms with Crippen molar-refractivity contribution in [3.05, 3.63) is 0 Å². The van der Waals surface area contributed by atoms with Crippen LogP contribution in [0.5, 0.6) is 0 Å². The molecule has 0 aliphatic heterocycles. The highest BCUT2D eigenvalue weighted by molar-refractivity contribution is 4.81. The predicted molar refractivity (Wildman–Crippen MR) is 33.6 cm³/mol. The van der Waals surface area contributed by atoms with Crippen molar-refractivity contribution in [3.8, 4) is 0 Å². The van der Waals surface area contributed by atoms with Crippen LogP contribution in [0.4, 0.5) is 0 Å². The van der Waals surface area contributed by atoms with E-state index in [0.29, 0.717) is 5.41 Å². The molecule has 1 unspecified atom stereocenters. The number of aliphatic hydroxyl groups excluding tert-OH is 1. The summed E-state index contributed by atoms with van der Waals surface area (Å²) in [4.78, 5) is 0. The molecule has 0 saturated heterocycles. The van der Waals surface area contributed by atoms with Crippen LogP contribution in [-0.4, -0.2) is 11.2 Å². The summed E-state index contributed by atoms with van der Waals surface area (Å²) >= 11 is 0. The molecule has 0 aromatic rings. The van der Waals surface area contributed by atoms with Crippen molar-refractivity contribution in [2.75, 3.05) is 0 Å². The Kier molecular flexibility index (Phi) is 1.31. The molecule has 0 aromatic carbocycles. The first-order chi connectivity index (χ1) is 3.60. The topological polar surface area (TPSA) is 20.2 Å². The second-order valence-electron chi connectivity index (χ2n) is 3.56. The lowest BCUT2D eigenvalue weighted by Crippen LogP contribution is -2.06. The third-order valence-corrected chi connectivity index (χ3v) is 1.94. The molecular formula is C7H14O. The van der Waals surface area contributed by atoms with E-state index < -0.39 is 0 Å². The van der Waals surface area contributed by atoms with E-state index in [2.05, 4.69) is 13.8 Å². The highest BCUT2D eigenvalue weighted by atomic mass is 16.3. The van der Waals surface area contributed by atoms with Gasteiger partial charge >= 0.3 is 0 Å². The van der Waals surface area contributed by atoms with E-state index in [1.54, 1.807) is 0 Å². The van der Waals surface area contributed by atoms with Crippen LogP contribution in [0.2, 0.25) is 0 Å². The molecule has 1 atom stereocenters. The quantitative estimate of drug-likeness (QED) is 0.506. The van der Waals surface area contributed by atoms with Crippen molar-refractivity contribution in [1.29, 1.82) is 0 Å². The fourth-order valence-corrected chi connectivity index (χ4v) is 1.40. The van der Waals surface area contributed by atoms with E-state index in [1.165, 1.54) is 6.42 Å². The first-order valence-electron chi connectivity index (χ1n) is 3.28. The molecule has 1 N–H and O–H groups in total. The summed E-state index contributed by atoms with van der Waals surface area (Å²) in [6.45, 7) is 4.42. The van der Waals surface area contributed by atoms with Crippen LogP contribution < -0.4 is 0 Å². The van der Waals surface area contributed by atoms with E-state index in [1.807, 2.05) is 0 Å². The minimum absolute atomic E-state index is 0.00926. The van der Waals surface area contributed by atoms with Gasteiger partial charge in [-0.2, -0.15) is 0 Å². The summed E-state index contributed by atoms with van der Waals surface area (Å²) in [6.07, 6.45) is 3.18. The maximum Gasteiger partial charge on any atom is 0.0545 e. The van der Waals surface area contributed by atoms with Gasteiger partial charge in [-0.25, -0.2) is 0 Å². The lowest BCUT2D eigenvalue weighted by atomic mass is 9.92. The fourth-order valence-electron chi connectivity index (χ4n) is 1.40. The Morgan fingerprint density at radius 3 is 2.25 bits per heavy atom. The Bertz CT molecular complexity index is 86.4. The van der Waals surface area contributed by atoms with Gasteiger partial charge in [0, 0.05) is 0 Å². The third-order valence-electron chi connectivity index (χ3n) is 1.94. The molecule has 1 heteroatoms. The Morgan fingerprint density at radius 1 is 1.50 bits per heavy atom. The maximum atomic E-state index is 9.06. The maximum absolute atomic E-state index is 9.06. The van der Waals surface area contributed by atoms with Gasteiger partial charge in [-0.15, -0.1) is 0 Å². The Morgan fingerprint density at radius 2 is 2.12 bits per heavy atom. The second kappa shape index (κ2) is 1.73. The van der Waals surface area contributed by atoms with Gasteiger partial charge in [-0.1, -0.05) is 13.8 Å². The average molecular weight is 114 g/mol. The summed E-state index contributed by atoms with van der Waals surface area (Å²) in [7, 11) is 0. The molecule has 0 heterocycles. The first-order valence-corrected chi connectivity index (χ1v) is 3.28. The van der Waals surface area contributed by atoms with E-state index in [9.17, 15) is 0 Å². The van der Waals surface area contributed by atoms with Crippen LogP contribution in [0.15, 0.2) is 0 Å². The summed E-state index contributed by atoms with van der Waals surface area (Å²) in [6, 6.07) is 0. The first kappa shape index (κ1) is 6.09. The summed E-state index contributed by atoms with van der Waals surface area (Å²) in [5.41, 5.74) is 0.416. The van der Waals surface area contributed by atoms with Crippen molar-refractivity contribution < 1.29 is 5.11 Å². The van der Waals surface area contributed by atoms with Crippen molar-refractivity contribution in [2.24, 2.45) is 5.41 Å². The Labute approximate surface area is 50.7 Å². The molecule has 0 amide bonds. The minimum atomic E-state index is -0.00926. The summed E-state index contributed by atoms with van der Waals surface area (Å²) < 4.78 is 0. The van der Waals surface area contributed by atoms with Crippen molar-refractivity contribution in [2.45, 2.75) is 39.2 Å². The average Bonchev–Trinajstić information content (AvgIpc) is 1.82. The van der Waals surface area contributed by atoms with Crippen molar-refractivity contribution in [1.82, 2.24) is 0 Å². The normalized spacial score (nSPS) is 35.6. The highest BCUT2D eigenvalue weighted by Gasteiger charge is 2.28. The zero-order valence-electron chi connectivity index (χ0n) is 5.65. The smallest absolute Gasteiger partial charge is 0.0545 e. The van der Waals surface area contributed by atoms with Crippen LogP contribution in [0.1, 0.15) is 33.1 Å². The molecule has 0 spiro atoms. The largest absolute Gasteiger partial charge is 0.393 e. The molecule has 0 radical (unpaired) electrons. The van der Waals surface area contributed by atoms with Crippen LogP contribution in [-0.2, 0) is 0 Å². The van der Waals surface area contributed by atoms with Gasteiger partial charge in [-0.05, 0) is 24.7 Å². The lowest BCUT2D eigenvalue weighted by molar-refractivity contribution is 0.168. The molecule has 1 aliphatic rings. The van der Waals surface area contributed by atoms with E-state index in [0.717, 1.165) is 12.8 Å². The monoisotopic (exact) mass is 114 g/mol. The summed E-state index contributed by atoms with van der Waals surface area (Å²) in [5.74, 6) is 0. The number of hydrogen-bond donors (Lipinski definition) is 1. The molecule has 1 rings (SSSR count). The molecule has 1 nitrogen and oxygen atoms in total. The Balaban J connectivity index is 2.44. The molecule has 1 aliphatic carbocycles. The minimum Gasteiger partial charge on any atom is -0.393 e. The van der Waals surface area contributed by atoms with Gasteiger partial charge in [-0.3, -0.25) is 0 Å². The molecule has 0 aromatic heterocycles. The standard InChI is InChI=1S/C7H14O/c1-7(2)4-3-6(8)5-7/h6,8H,3-5H2,1-2H3. The Hall–Kier alpha value is -0.0400. The molecular weight excluding hydrogens is 100 g/mol. The molecule has 1 saturated carbocycles. The zero-order chi connectivity index (χ0) is 6.20.